The Hall–Kier alpha value is -3.90. The van der Waals surface area contributed by atoms with Gasteiger partial charge in [-0.3, -0.25) is 4.79 Å². The SMILES string of the molecule is CCS(=O)(=O)NCc1ccc(C(=O)Nc2cnn3ccc(N4CCC[C@@H]4c4cc(F)ccc4F)nc23)cc1. The zero-order valence-electron chi connectivity index (χ0n) is 20.6. The topological polar surface area (TPSA) is 109 Å². The van der Waals surface area contributed by atoms with E-state index in [1.807, 2.05) is 4.90 Å². The molecule has 3 heterocycles. The van der Waals surface area contributed by atoms with Gasteiger partial charge in [-0.25, -0.2) is 31.4 Å². The summed E-state index contributed by atoms with van der Waals surface area (Å²) in [6.45, 7) is 2.32. The monoisotopic (exact) mass is 540 g/mol. The van der Waals surface area contributed by atoms with Gasteiger partial charge in [-0.2, -0.15) is 5.10 Å². The number of aromatic nitrogens is 3. The number of hydrogen-bond acceptors (Lipinski definition) is 6. The molecular weight excluding hydrogens is 514 g/mol. The molecule has 1 amide bonds. The van der Waals surface area contributed by atoms with Gasteiger partial charge in [-0.15, -0.1) is 0 Å². The van der Waals surface area contributed by atoms with Gasteiger partial charge in [-0.1, -0.05) is 12.1 Å². The van der Waals surface area contributed by atoms with Crippen LogP contribution < -0.4 is 14.9 Å². The number of benzene rings is 2. The molecule has 1 fully saturated rings. The van der Waals surface area contributed by atoms with Crippen LogP contribution in [0, 0.1) is 11.6 Å². The van der Waals surface area contributed by atoms with Crippen LogP contribution in [0.2, 0.25) is 0 Å². The minimum Gasteiger partial charge on any atom is -0.349 e. The molecule has 38 heavy (non-hydrogen) atoms. The third kappa shape index (κ3) is 5.36. The molecule has 0 spiro atoms. The number of carbonyl (C=O) groups excluding carboxylic acids is 1. The Morgan fingerprint density at radius 2 is 1.92 bits per heavy atom. The number of anilines is 2. The lowest BCUT2D eigenvalue weighted by Gasteiger charge is -2.26. The van der Waals surface area contributed by atoms with Gasteiger partial charge >= 0.3 is 0 Å². The van der Waals surface area contributed by atoms with Crippen molar-refractivity contribution in [3.8, 4) is 0 Å². The average Bonchev–Trinajstić information content (AvgIpc) is 3.56. The fourth-order valence-electron chi connectivity index (χ4n) is 4.51. The molecule has 0 radical (unpaired) electrons. The summed E-state index contributed by atoms with van der Waals surface area (Å²) >= 11 is 0. The van der Waals surface area contributed by atoms with E-state index in [2.05, 4.69) is 15.1 Å². The van der Waals surface area contributed by atoms with Crippen LogP contribution in [0.3, 0.4) is 0 Å². The quantitative estimate of drug-likeness (QED) is 0.349. The van der Waals surface area contributed by atoms with E-state index < -0.39 is 21.7 Å². The van der Waals surface area contributed by atoms with Crippen LogP contribution in [-0.2, 0) is 16.6 Å². The fourth-order valence-corrected chi connectivity index (χ4v) is 5.10. The Balaban J connectivity index is 1.34. The van der Waals surface area contributed by atoms with Crippen LogP contribution in [-0.4, -0.2) is 41.2 Å². The number of amides is 1. The summed E-state index contributed by atoms with van der Waals surface area (Å²) in [6.07, 6.45) is 4.65. The van der Waals surface area contributed by atoms with Crippen LogP contribution in [0.5, 0.6) is 0 Å². The van der Waals surface area contributed by atoms with E-state index in [0.717, 1.165) is 24.1 Å². The fraction of sp³-hybridized carbons (Fsp3) is 0.269. The highest BCUT2D eigenvalue weighted by Gasteiger charge is 2.30. The summed E-state index contributed by atoms with van der Waals surface area (Å²) < 4.78 is 55.6. The van der Waals surface area contributed by atoms with Crippen LogP contribution in [0.1, 0.15) is 47.3 Å². The second-order valence-electron chi connectivity index (χ2n) is 9.01. The Morgan fingerprint density at radius 1 is 1.13 bits per heavy atom. The third-order valence-corrected chi connectivity index (χ3v) is 7.90. The molecule has 198 valence electrons. The molecule has 0 unspecified atom stereocenters. The second kappa shape index (κ2) is 10.5. The maximum Gasteiger partial charge on any atom is 0.255 e. The van der Waals surface area contributed by atoms with Gasteiger partial charge in [0.2, 0.25) is 10.0 Å². The number of nitrogens with one attached hydrogen (secondary N) is 2. The Morgan fingerprint density at radius 3 is 2.68 bits per heavy atom. The molecule has 1 atom stereocenters. The van der Waals surface area contributed by atoms with E-state index in [1.54, 1.807) is 43.5 Å². The van der Waals surface area contributed by atoms with Crippen molar-refractivity contribution < 1.29 is 22.0 Å². The summed E-state index contributed by atoms with van der Waals surface area (Å²) in [4.78, 5) is 19.5. The maximum atomic E-state index is 14.5. The van der Waals surface area contributed by atoms with Crippen molar-refractivity contribution in [1.82, 2.24) is 19.3 Å². The van der Waals surface area contributed by atoms with Crippen molar-refractivity contribution in [3.05, 3.63) is 89.2 Å². The van der Waals surface area contributed by atoms with E-state index >= 15 is 0 Å². The lowest BCUT2D eigenvalue weighted by molar-refractivity contribution is 0.102. The molecular formula is C26H26F2N6O3S. The van der Waals surface area contributed by atoms with Crippen molar-refractivity contribution in [2.45, 2.75) is 32.4 Å². The number of hydrogen-bond donors (Lipinski definition) is 2. The van der Waals surface area contributed by atoms with Crippen LogP contribution in [0.4, 0.5) is 20.3 Å². The number of fused-ring (bicyclic) bond motifs is 1. The first-order valence-corrected chi connectivity index (χ1v) is 13.8. The molecule has 1 saturated heterocycles. The molecule has 1 aliphatic heterocycles. The smallest absolute Gasteiger partial charge is 0.255 e. The zero-order chi connectivity index (χ0) is 26.9. The number of carbonyl (C=O) groups is 1. The summed E-state index contributed by atoms with van der Waals surface area (Å²) in [5.41, 5.74) is 2.19. The van der Waals surface area contributed by atoms with Crippen molar-refractivity contribution in [2.75, 3.05) is 22.5 Å². The molecule has 0 bridgehead atoms. The molecule has 2 aromatic carbocycles. The number of halogens is 2. The predicted molar refractivity (Wildman–Crippen MR) is 139 cm³/mol. The summed E-state index contributed by atoms with van der Waals surface area (Å²) in [6, 6.07) is 11.4. The summed E-state index contributed by atoms with van der Waals surface area (Å²) in [5, 5.41) is 7.07. The van der Waals surface area contributed by atoms with Gasteiger partial charge in [0.15, 0.2) is 5.65 Å². The van der Waals surface area contributed by atoms with Gasteiger partial charge in [-0.05, 0) is 61.7 Å². The number of sulfonamides is 1. The normalized spacial score (nSPS) is 15.8. The molecule has 5 rings (SSSR count). The van der Waals surface area contributed by atoms with E-state index in [-0.39, 0.29) is 29.8 Å². The molecule has 0 aliphatic carbocycles. The summed E-state index contributed by atoms with van der Waals surface area (Å²) in [7, 11) is -3.32. The van der Waals surface area contributed by atoms with E-state index in [4.69, 9.17) is 4.98 Å². The maximum absolute atomic E-state index is 14.5. The predicted octanol–water partition coefficient (Wildman–Crippen LogP) is 4.04. The number of rotatable bonds is 8. The van der Waals surface area contributed by atoms with Crippen LogP contribution >= 0.6 is 0 Å². The molecule has 12 heteroatoms. The third-order valence-electron chi connectivity index (χ3n) is 6.56. The lowest BCUT2D eigenvalue weighted by atomic mass is 10.0. The van der Waals surface area contributed by atoms with E-state index in [9.17, 15) is 22.0 Å². The van der Waals surface area contributed by atoms with Crippen molar-refractivity contribution >= 4 is 33.1 Å². The highest BCUT2D eigenvalue weighted by molar-refractivity contribution is 7.89. The Labute approximate surface area is 218 Å². The van der Waals surface area contributed by atoms with Gasteiger partial charge in [0, 0.05) is 30.4 Å². The first-order valence-electron chi connectivity index (χ1n) is 12.2. The highest BCUT2D eigenvalue weighted by Crippen LogP contribution is 2.37. The molecule has 9 nitrogen and oxygen atoms in total. The van der Waals surface area contributed by atoms with Gasteiger partial charge < -0.3 is 10.2 Å². The molecule has 1 aliphatic rings. The van der Waals surface area contributed by atoms with Gasteiger partial charge in [0.25, 0.3) is 5.91 Å². The Bertz CT molecular complexity index is 1590. The van der Waals surface area contributed by atoms with Gasteiger partial charge in [0.1, 0.15) is 23.1 Å². The molecule has 0 saturated carbocycles. The highest BCUT2D eigenvalue weighted by atomic mass is 32.2. The molecule has 4 aromatic rings. The minimum absolute atomic E-state index is 0.0109. The van der Waals surface area contributed by atoms with Crippen LogP contribution in [0.15, 0.2) is 60.9 Å². The van der Waals surface area contributed by atoms with Crippen molar-refractivity contribution in [1.29, 1.82) is 0 Å². The largest absolute Gasteiger partial charge is 0.349 e. The summed E-state index contributed by atoms with van der Waals surface area (Å²) in [5.74, 6) is -0.779. The average molecular weight is 541 g/mol. The lowest BCUT2D eigenvalue weighted by Crippen LogP contribution is -2.24. The van der Waals surface area contributed by atoms with Gasteiger partial charge in [0.05, 0.1) is 18.0 Å². The van der Waals surface area contributed by atoms with E-state index in [1.165, 1.54) is 16.8 Å². The minimum atomic E-state index is -3.32. The first kappa shape index (κ1) is 25.7. The van der Waals surface area contributed by atoms with Crippen molar-refractivity contribution in [3.63, 3.8) is 0 Å². The standard InChI is InChI=1S/C26H26F2N6O3S/c1-2-38(36,37)30-15-17-5-7-18(8-6-17)26(35)31-22-16-29-34-13-11-24(32-25(22)34)33-12-3-4-23(33)20-14-19(27)9-10-21(20)28/h5-11,13-14,16,23,30H,2-4,12,15H2,1H3,(H,31,35)/t23-/m1/s1. The first-order chi connectivity index (χ1) is 18.2. The Kier molecular flexibility index (Phi) is 7.09. The number of nitrogens with zero attached hydrogens (tertiary/aromatic N) is 4. The second-order valence-corrected chi connectivity index (χ2v) is 11.1. The zero-order valence-corrected chi connectivity index (χ0v) is 21.4. The van der Waals surface area contributed by atoms with E-state index in [0.29, 0.717) is 35.7 Å². The van der Waals surface area contributed by atoms with Crippen LogP contribution in [0.25, 0.3) is 5.65 Å². The molecule has 2 aromatic heterocycles. The molecule has 2 N–H and O–H groups in total. The van der Waals surface area contributed by atoms with Crippen molar-refractivity contribution in [2.24, 2.45) is 0 Å².